The minimum absolute atomic E-state index is 0.694. The summed E-state index contributed by atoms with van der Waals surface area (Å²) in [6.07, 6.45) is 14.0. The minimum Gasteiger partial charge on any atom is -0.376 e. The van der Waals surface area contributed by atoms with Crippen molar-refractivity contribution < 1.29 is 4.74 Å². The number of hydrogen-bond acceptors (Lipinski definition) is 2. The van der Waals surface area contributed by atoms with E-state index in [0.717, 1.165) is 25.3 Å². The lowest BCUT2D eigenvalue weighted by Crippen LogP contribution is -2.21. The first kappa shape index (κ1) is 19.7. The molecule has 20 heavy (non-hydrogen) atoms. The maximum absolute atomic E-state index is 5.43. The van der Waals surface area contributed by atoms with Crippen LogP contribution < -0.4 is 5.32 Å². The molecule has 0 bridgehead atoms. The molecule has 0 atom stereocenters. The van der Waals surface area contributed by atoms with Gasteiger partial charge in [-0.15, -0.1) is 0 Å². The standard InChI is InChI=1S/C18H37NO/c1-4-5-6-7-8-9-10-11-12-13-14-19-15-16-20-17-18(2)3/h19H,2,4-17H2,1,3H3. The van der Waals surface area contributed by atoms with E-state index in [1.54, 1.807) is 0 Å². The van der Waals surface area contributed by atoms with E-state index in [1.807, 2.05) is 6.92 Å². The Bertz CT molecular complexity index is 204. The second kappa shape index (κ2) is 16.7. The van der Waals surface area contributed by atoms with Crippen LogP contribution >= 0.6 is 0 Å². The molecule has 0 amide bonds. The molecular formula is C18H37NO. The molecule has 0 heterocycles. The van der Waals surface area contributed by atoms with Crippen LogP contribution in [0, 0.1) is 0 Å². The molecule has 0 saturated carbocycles. The van der Waals surface area contributed by atoms with Crippen molar-refractivity contribution in [1.82, 2.24) is 5.32 Å². The van der Waals surface area contributed by atoms with Crippen LogP contribution in [0.15, 0.2) is 12.2 Å². The average Bonchev–Trinajstić information content (AvgIpc) is 2.43. The molecule has 0 saturated heterocycles. The molecule has 2 nitrogen and oxygen atoms in total. The second-order valence-electron chi connectivity index (χ2n) is 5.94. The first-order valence-electron chi connectivity index (χ1n) is 8.70. The Kier molecular flexibility index (Phi) is 16.4. The highest BCUT2D eigenvalue weighted by atomic mass is 16.5. The van der Waals surface area contributed by atoms with Gasteiger partial charge >= 0.3 is 0 Å². The van der Waals surface area contributed by atoms with Crippen molar-refractivity contribution in [2.24, 2.45) is 0 Å². The number of nitrogens with one attached hydrogen (secondary N) is 1. The van der Waals surface area contributed by atoms with Crippen molar-refractivity contribution in [3.8, 4) is 0 Å². The lowest BCUT2D eigenvalue weighted by molar-refractivity contribution is 0.158. The second-order valence-corrected chi connectivity index (χ2v) is 5.94. The smallest absolute Gasteiger partial charge is 0.0672 e. The molecule has 0 radical (unpaired) electrons. The quantitative estimate of drug-likeness (QED) is 0.315. The Morgan fingerprint density at radius 2 is 1.40 bits per heavy atom. The molecule has 1 N–H and O–H groups in total. The topological polar surface area (TPSA) is 21.3 Å². The van der Waals surface area contributed by atoms with Crippen LogP contribution in [0.25, 0.3) is 0 Å². The van der Waals surface area contributed by atoms with Crippen LogP contribution in [-0.4, -0.2) is 26.3 Å². The van der Waals surface area contributed by atoms with Crippen LogP contribution in [0.4, 0.5) is 0 Å². The summed E-state index contributed by atoms with van der Waals surface area (Å²) >= 11 is 0. The van der Waals surface area contributed by atoms with E-state index in [-0.39, 0.29) is 0 Å². The van der Waals surface area contributed by atoms with Crippen LogP contribution in [0.2, 0.25) is 0 Å². The average molecular weight is 283 g/mol. The Morgan fingerprint density at radius 1 is 0.850 bits per heavy atom. The van der Waals surface area contributed by atoms with Gasteiger partial charge in [0.1, 0.15) is 0 Å². The van der Waals surface area contributed by atoms with Gasteiger partial charge < -0.3 is 10.1 Å². The van der Waals surface area contributed by atoms with Crippen molar-refractivity contribution in [2.45, 2.75) is 78.1 Å². The largest absolute Gasteiger partial charge is 0.376 e. The Morgan fingerprint density at radius 3 is 1.95 bits per heavy atom. The summed E-state index contributed by atoms with van der Waals surface area (Å²) in [5, 5.41) is 3.43. The molecule has 0 aromatic carbocycles. The summed E-state index contributed by atoms with van der Waals surface area (Å²) in [4.78, 5) is 0. The van der Waals surface area contributed by atoms with Crippen LogP contribution in [-0.2, 0) is 4.74 Å². The summed E-state index contributed by atoms with van der Waals surface area (Å²) in [6, 6.07) is 0. The van der Waals surface area contributed by atoms with Gasteiger partial charge in [0.25, 0.3) is 0 Å². The fraction of sp³-hybridized carbons (Fsp3) is 0.889. The molecule has 2 heteroatoms. The highest BCUT2D eigenvalue weighted by Crippen LogP contribution is 2.10. The van der Waals surface area contributed by atoms with Crippen LogP contribution in [0.3, 0.4) is 0 Å². The minimum atomic E-state index is 0.694. The SMILES string of the molecule is C=C(C)COCCNCCCCCCCCCCCC. The molecule has 0 aromatic heterocycles. The summed E-state index contributed by atoms with van der Waals surface area (Å²) < 4.78 is 5.43. The van der Waals surface area contributed by atoms with Crippen molar-refractivity contribution in [1.29, 1.82) is 0 Å². The fourth-order valence-electron chi connectivity index (χ4n) is 2.25. The van der Waals surface area contributed by atoms with E-state index < -0.39 is 0 Å². The first-order valence-corrected chi connectivity index (χ1v) is 8.70. The zero-order valence-electron chi connectivity index (χ0n) is 14.0. The third-order valence-electron chi connectivity index (χ3n) is 3.48. The Labute approximate surface area is 127 Å². The highest BCUT2D eigenvalue weighted by Gasteiger charge is 1.93. The molecule has 0 aliphatic rings. The number of rotatable bonds is 16. The zero-order chi connectivity index (χ0) is 14.9. The van der Waals surface area contributed by atoms with Gasteiger partial charge in [0.15, 0.2) is 0 Å². The van der Waals surface area contributed by atoms with E-state index in [4.69, 9.17) is 4.74 Å². The molecule has 0 unspecified atom stereocenters. The van der Waals surface area contributed by atoms with Gasteiger partial charge in [0, 0.05) is 6.54 Å². The first-order chi connectivity index (χ1) is 9.77. The van der Waals surface area contributed by atoms with E-state index in [2.05, 4.69) is 18.8 Å². The molecule has 0 fully saturated rings. The van der Waals surface area contributed by atoms with Gasteiger partial charge in [-0.1, -0.05) is 76.9 Å². The predicted molar refractivity (Wildman–Crippen MR) is 90.3 cm³/mol. The molecule has 120 valence electrons. The molecular weight excluding hydrogens is 246 g/mol. The summed E-state index contributed by atoms with van der Waals surface area (Å²) in [5.41, 5.74) is 1.10. The van der Waals surface area contributed by atoms with Crippen molar-refractivity contribution in [2.75, 3.05) is 26.3 Å². The van der Waals surface area contributed by atoms with E-state index >= 15 is 0 Å². The number of hydrogen-bond donors (Lipinski definition) is 1. The highest BCUT2D eigenvalue weighted by molar-refractivity contribution is 4.87. The lowest BCUT2D eigenvalue weighted by Gasteiger charge is -2.06. The number of unbranched alkanes of at least 4 members (excludes halogenated alkanes) is 9. The Balaban J connectivity index is 2.94. The van der Waals surface area contributed by atoms with Crippen molar-refractivity contribution in [3.05, 3.63) is 12.2 Å². The van der Waals surface area contributed by atoms with E-state index in [9.17, 15) is 0 Å². The Hall–Kier alpha value is -0.340. The van der Waals surface area contributed by atoms with Gasteiger partial charge in [0.05, 0.1) is 13.2 Å². The van der Waals surface area contributed by atoms with E-state index in [0.29, 0.717) is 6.61 Å². The summed E-state index contributed by atoms with van der Waals surface area (Å²) in [6.45, 7) is 11.7. The van der Waals surface area contributed by atoms with Gasteiger partial charge in [-0.05, 0) is 19.9 Å². The molecule has 0 aliphatic carbocycles. The zero-order valence-corrected chi connectivity index (χ0v) is 14.0. The van der Waals surface area contributed by atoms with Gasteiger partial charge in [-0.2, -0.15) is 0 Å². The van der Waals surface area contributed by atoms with Gasteiger partial charge in [-0.3, -0.25) is 0 Å². The predicted octanol–water partition coefficient (Wildman–Crippen LogP) is 5.09. The maximum Gasteiger partial charge on any atom is 0.0672 e. The fourth-order valence-corrected chi connectivity index (χ4v) is 2.25. The van der Waals surface area contributed by atoms with Crippen molar-refractivity contribution >= 4 is 0 Å². The third kappa shape index (κ3) is 17.7. The summed E-state index contributed by atoms with van der Waals surface area (Å²) in [7, 11) is 0. The number of ether oxygens (including phenoxy) is 1. The molecule has 0 aromatic rings. The van der Waals surface area contributed by atoms with E-state index in [1.165, 1.54) is 64.2 Å². The lowest BCUT2D eigenvalue weighted by atomic mass is 10.1. The van der Waals surface area contributed by atoms with Gasteiger partial charge in [0.2, 0.25) is 0 Å². The molecule has 0 rings (SSSR count). The third-order valence-corrected chi connectivity index (χ3v) is 3.48. The molecule has 0 spiro atoms. The molecule has 0 aliphatic heterocycles. The van der Waals surface area contributed by atoms with Crippen molar-refractivity contribution in [3.63, 3.8) is 0 Å². The van der Waals surface area contributed by atoms with Crippen LogP contribution in [0.1, 0.15) is 78.1 Å². The monoisotopic (exact) mass is 283 g/mol. The normalized spacial score (nSPS) is 10.9. The van der Waals surface area contributed by atoms with Gasteiger partial charge in [-0.25, -0.2) is 0 Å². The maximum atomic E-state index is 5.43. The summed E-state index contributed by atoms with van der Waals surface area (Å²) in [5.74, 6) is 0. The van der Waals surface area contributed by atoms with Crippen LogP contribution in [0.5, 0.6) is 0 Å².